The van der Waals surface area contributed by atoms with E-state index in [9.17, 15) is 4.79 Å². The van der Waals surface area contributed by atoms with Crippen LogP contribution in [0.25, 0.3) is 0 Å². The van der Waals surface area contributed by atoms with E-state index >= 15 is 0 Å². The van der Waals surface area contributed by atoms with Crippen molar-refractivity contribution < 1.29 is 9.53 Å². The molecule has 2 aromatic rings. The Morgan fingerprint density at radius 3 is 2.63 bits per heavy atom. The van der Waals surface area contributed by atoms with Crippen molar-refractivity contribution in [3.8, 4) is 5.75 Å². The Bertz CT molecular complexity index is 609. The summed E-state index contributed by atoms with van der Waals surface area (Å²) in [5, 5.41) is 2.86. The fourth-order valence-electron chi connectivity index (χ4n) is 1.80. The number of ether oxygens (including phenoxy) is 1. The van der Waals surface area contributed by atoms with E-state index in [1.807, 2.05) is 31.2 Å². The molecule has 0 radical (unpaired) electrons. The van der Waals surface area contributed by atoms with Gasteiger partial charge in [-0.3, -0.25) is 4.79 Å². The van der Waals surface area contributed by atoms with Crippen molar-refractivity contribution in [3.63, 3.8) is 0 Å². The van der Waals surface area contributed by atoms with Crippen LogP contribution in [0.3, 0.4) is 0 Å². The standard InChI is InChI=1S/C15H16N2O2/c1-10-5-3-4-6-13(10)17-15(18)12-8-7-11(16)9-14(12)19-2/h3-9H,16H2,1-2H3,(H,17,18). The monoisotopic (exact) mass is 256 g/mol. The lowest BCUT2D eigenvalue weighted by molar-refractivity contribution is 0.102. The van der Waals surface area contributed by atoms with Crippen LogP contribution in [0, 0.1) is 6.92 Å². The van der Waals surface area contributed by atoms with Gasteiger partial charge in [-0.2, -0.15) is 0 Å². The van der Waals surface area contributed by atoms with Crippen LogP contribution in [-0.4, -0.2) is 13.0 Å². The van der Waals surface area contributed by atoms with Crippen LogP contribution in [0.1, 0.15) is 15.9 Å². The molecule has 0 saturated carbocycles. The van der Waals surface area contributed by atoms with Gasteiger partial charge in [-0.1, -0.05) is 18.2 Å². The smallest absolute Gasteiger partial charge is 0.259 e. The first-order valence-electron chi connectivity index (χ1n) is 5.92. The first-order valence-corrected chi connectivity index (χ1v) is 5.92. The molecule has 0 aliphatic heterocycles. The summed E-state index contributed by atoms with van der Waals surface area (Å²) in [6.07, 6.45) is 0. The van der Waals surface area contributed by atoms with E-state index in [-0.39, 0.29) is 5.91 Å². The number of carbonyl (C=O) groups is 1. The Kier molecular flexibility index (Phi) is 3.71. The second-order valence-electron chi connectivity index (χ2n) is 4.23. The summed E-state index contributed by atoms with van der Waals surface area (Å²) < 4.78 is 5.17. The molecule has 1 amide bonds. The highest BCUT2D eigenvalue weighted by Gasteiger charge is 2.13. The number of amides is 1. The lowest BCUT2D eigenvalue weighted by atomic mass is 10.1. The van der Waals surface area contributed by atoms with Crippen LogP contribution < -0.4 is 15.8 Å². The highest BCUT2D eigenvalue weighted by atomic mass is 16.5. The summed E-state index contributed by atoms with van der Waals surface area (Å²) in [5.74, 6) is 0.247. The second kappa shape index (κ2) is 5.44. The maximum absolute atomic E-state index is 12.2. The Hall–Kier alpha value is -2.49. The minimum atomic E-state index is -0.217. The topological polar surface area (TPSA) is 64.3 Å². The second-order valence-corrected chi connectivity index (χ2v) is 4.23. The molecule has 0 spiro atoms. The average Bonchev–Trinajstić information content (AvgIpc) is 2.41. The summed E-state index contributed by atoms with van der Waals surface area (Å²) in [6.45, 7) is 1.94. The molecule has 98 valence electrons. The van der Waals surface area contributed by atoms with Crippen molar-refractivity contribution in [2.75, 3.05) is 18.2 Å². The van der Waals surface area contributed by atoms with Crippen molar-refractivity contribution in [2.45, 2.75) is 6.92 Å². The Morgan fingerprint density at radius 1 is 1.21 bits per heavy atom. The summed E-state index contributed by atoms with van der Waals surface area (Å²) in [6, 6.07) is 12.6. The minimum Gasteiger partial charge on any atom is -0.496 e. The lowest BCUT2D eigenvalue weighted by Crippen LogP contribution is -2.14. The summed E-state index contributed by atoms with van der Waals surface area (Å²) in [4.78, 5) is 12.2. The van der Waals surface area contributed by atoms with E-state index < -0.39 is 0 Å². The molecule has 0 heterocycles. The number of carbonyl (C=O) groups excluding carboxylic acids is 1. The van der Waals surface area contributed by atoms with E-state index in [1.54, 1.807) is 18.2 Å². The van der Waals surface area contributed by atoms with Crippen LogP contribution in [0.5, 0.6) is 5.75 Å². The van der Waals surface area contributed by atoms with Gasteiger partial charge in [0.15, 0.2) is 0 Å². The summed E-state index contributed by atoms with van der Waals surface area (Å²) >= 11 is 0. The number of nitrogen functional groups attached to an aromatic ring is 1. The third-order valence-electron chi connectivity index (χ3n) is 2.86. The molecular weight excluding hydrogens is 240 g/mol. The molecule has 0 aliphatic carbocycles. The fourth-order valence-corrected chi connectivity index (χ4v) is 1.80. The zero-order valence-corrected chi connectivity index (χ0v) is 10.9. The van der Waals surface area contributed by atoms with Gasteiger partial charge in [0.2, 0.25) is 0 Å². The van der Waals surface area contributed by atoms with Crippen molar-refractivity contribution in [2.24, 2.45) is 0 Å². The molecule has 0 unspecified atom stereocenters. The quantitative estimate of drug-likeness (QED) is 0.830. The maximum atomic E-state index is 12.2. The maximum Gasteiger partial charge on any atom is 0.259 e. The molecule has 4 nitrogen and oxygen atoms in total. The Morgan fingerprint density at radius 2 is 1.95 bits per heavy atom. The van der Waals surface area contributed by atoms with Gasteiger partial charge in [-0.25, -0.2) is 0 Å². The van der Waals surface area contributed by atoms with Gasteiger partial charge in [-0.15, -0.1) is 0 Å². The normalized spacial score (nSPS) is 10.0. The zero-order valence-electron chi connectivity index (χ0n) is 10.9. The van der Waals surface area contributed by atoms with E-state index in [0.29, 0.717) is 17.0 Å². The summed E-state index contributed by atoms with van der Waals surface area (Å²) in [5.41, 5.74) is 8.47. The van der Waals surface area contributed by atoms with Gasteiger partial charge in [0, 0.05) is 17.4 Å². The van der Waals surface area contributed by atoms with Crippen LogP contribution in [0.15, 0.2) is 42.5 Å². The third-order valence-corrected chi connectivity index (χ3v) is 2.86. The number of aryl methyl sites for hydroxylation is 1. The molecule has 0 bridgehead atoms. The average molecular weight is 256 g/mol. The molecule has 19 heavy (non-hydrogen) atoms. The lowest BCUT2D eigenvalue weighted by Gasteiger charge is -2.11. The molecule has 0 saturated heterocycles. The molecule has 0 atom stereocenters. The molecular formula is C15H16N2O2. The molecule has 0 aliphatic rings. The predicted octanol–water partition coefficient (Wildman–Crippen LogP) is 2.84. The minimum absolute atomic E-state index is 0.217. The predicted molar refractivity (Wildman–Crippen MR) is 76.5 cm³/mol. The van der Waals surface area contributed by atoms with E-state index in [4.69, 9.17) is 10.5 Å². The number of methoxy groups -OCH3 is 1. The highest BCUT2D eigenvalue weighted by Crippen LogP contribution is 2.23. The number of nitrogens with one attached hydrogen (secondary N) is 1. The van der Waals surface area contributed by atoms with E-state index in [2.05, 4.69) is 5.32 Å². The fraction of sp³-hybridized carbons (Fsp3) is 0.133. The Balaban J connectivity index is 2.28. The largest absolute Gasteiger partial charge is 0.496 e. The van der Waals surface area contributed by atoms with Gasteiger partial charge in [-0.05, 0) is 30.7 Å². The number of benzene rings is 2. The number of anilines is 2. The van der Waals surface area contributed by atoms with Crippen LogP contribution in [0.2, 0.25) is 0 Å². The zero-order chi connectivity index (χ0) is 13.8. The number of nitrogens with two attached hydrogens (primary N) is 1. The van der Waals surface area contributed by atoms with Gasteiger partial charge in [0.05, 0.1) is 12.7 Å². The number of hydrogen-bond donors (Lipinski definition) is 2. The van der Waals surface area contributed by atoms with Gasteiger partial charge < -0.3 is 15.8 Å². The molecule has 0 fully saturated rings. The van der Waals surface area contributed by atoms with Crippen LogP contribution in [-0.2, 0) is 0 Å². The van der Waals surface area contributed by atoms with Crippen LogP contribution in [0.4, 0.5) is 11.4 Å². The van der Waals surface area contributed by atoms with Crippen molar-refractivity contribution >= 4 is 17.3 Å². The van der Waals surface area contributed by atoms with Gasteiger partial charge >= 0.3 is 0 Å². The van der Waals surface area contributed by atoms with E-state index in [1.165, 1.54) is 7.11 Å². The molecule has 3 N–H and O–H groups in total. The molecule has 0 aromatic heterocycles. The number of rotatable bonds is 3. The van der Waals surface area contributed by atoms with Crippen molar-refractivity contribution in [1.29, 1.82) is 0 Å². The third kappa shape index (κ3) is 2.85. The van der Waals surface area contributed by atoms with Crippen molar-refractivity contribution in [1.82, 2.24) is 0 Å². The highest BCUT2D eigenvalue weighted by molar-refractivity contribution is 6.06. The number of para-hydroxylation sites is 1. The SMILES string of the molecule is COc1cc(N)ccc1C(=O)Nc1ccccc1C. The van der Waals surface area contributed by atoms with Crippen LogP contribution >= 0.6 is 0 Å². The molecule has 4 heteroatoms. The van der Waals surface area contributed by atoms with Crippen molar-refractivity contribution in [3.05, 3.63) is 53.6 Å². The van der Waals surface area contributed by atoms with E-state index in [0.717, 1.165) is 11.3 Å². The number of hydrogen-bond acceptors (Lipinski definition) is 3. The Labute approximate surface area is 112 Å². The first-order chi connectivity index (χ1) is 9.11. The summed E-state index contributed by atoms with van der Waals surface area (Å²) in [7, 11) is 1.51. The van der Waals surface area contributed by atoms with Gasteiger partial charge in [0.1, 0.15) is 5.75 Å². The molecule has 2 aromatic carbocycles. The molecule has 2 rings (SSSR count). The first kappa shape index (κ1) is 13.0. The van der Waals surface area contributed by atoms with Gasteiger partial charge in [0.25, 0.3) is 5.91 Å².